The number of hydrogen-bond acceptors (Lipinski definition) is 8. The van der Waals surface area contributed by atoms with E-state index in [1.54, 1.807) is 18.2 Å². The number of allylic oxidation sites excluding steroid dienone is 6. The van der Waals surface area contributed by atoms with E-state index in [4.69, 9.17) is 9.05 Å². The van der Waals surface area contributed by atoms with E-state index in [0.717, 1.165) is 38.5 Å². The number of aliphatic hydroxyl groups is 2. The van der Waals surface area contributed by atoms with E-state index >= 15 is 0 Å². The second kappa shape index (κ2) is 29.4. The Labute approximate surface area is 322 Å². The van der Waals surface area contributed by atoms with Crippen molar-refractivity contribution < 1.29 is 42.8 Å². The SMILES string of the molecule is CCCCCCCCCCCC/C=C/[C@@H](O)[C@H](COP(=O)([O-])OCC[N+](C)(C)C)NC(=O)CCC/C=C\C[C@H]1C=CC(=O)[C@@H]1/C=C/[C@@H](O)CCCCC. The van der Waals surface area contributed by atoms with Crippen LogP contribution in [-0.4, -0.2) is 85.5 Å². The van der Waals surface area contributed by atoms with Crippen molar-refractivity contribution in [2.45, 2.75) is 154 Å². The summed E-state index contributed by atoms with van der Waals surface area (Å²) >= 11 is 0. The molecule has 3 N–H and O–H groups in total. The molecule has 0 spiro atoms. The van der Waals surface area contributed by atoms with Gasteiger partial charge in [0, 0.05) is 12.3 Å². The number of nitrogens with one attached hydrogen (secondary N) is 1. The summed E-state index contributed by atoms with van der Waals surface area (Å²) in [7, 11) is 1.13. The fourth-order valence-electron chi connectivity index (χ4n) is 6.08. The number of phosphoric acid groups is 1. The van der Waals surface area contributed by atoms with E-state index in [1.807, 2.05) is 51.5 Å². The molecule has 10 nitrogen and oxygen atoms in total. The van der Waals surface area contributed by atoms with Crippen molar-refractivity contribution in [1.82, 2.24) is 5.32 Å². The van der Waals surface area contributed by atoms with Crippen LogP contribution in [0, 0.1) is 11.8 Å². The van der Waals surface area contributed by atoms with Crippen molar-refractivity contribution in [3.05, 3.63) is 48.6 Å². The van der Waals surface area contributed by atoms with E-state index in [-0.39, 0.29) is 36.6 Å². The van der Waals surface area contributed by atoms with Gasteiger partial charge in [-0.05, 0) is 50.5 Å². The molecule has 0 bridgehead atoms. The number of quaternary nitrogens is 1. The van der Waals surface area contributed by atoms with E-state index in [1.165, 1.54) is 51.4 Å². The summed E-state index contributed by atoms with van der Waals surface area (Å²) in [4.78, 5) is 37.7. The van der Waals surface area contributed by atoms with Crippen LogP contribution in [0.2, 0.25) is 0 Å². The number of likely N-dealkylation sites (N-methyl/N-ethyl adjacent to an activating group) is 1. The lowest BCUT2D eigenvalue weighted by atomic mass is 9.90. The van der Waals surface area contributed by atoms with Crippen LogP contribution in [0.25, 0.3) is 0 Å². The van der Waals surface area contributed by atoms with Gasteiger partial charge in [0.15, 0.2) is 5.78 Å². The van der Waals surface area contributed by atoms with Crippen LogP contribution in [-0.2, 0) is 23.2 Å². The lowest BCUT2D eigenvalue weighted by molar-refractivity contribution is -0.870. The van der Waals surface area contributed by atoms with Gasteiger partial charge < -0.3 is 34.0 Å². The maximum Gasteiger partial charge on any atom is 0.268 e. The number of nitrogens with zero attached hydrogens (tertiary/aromatic N) is 1. The Hall–Kier alpha value is -1.91. The monoisotopic (exact) mass is 767 g/mol. The average Bonchev–Trinajstić information content (AvgIpc) is 3.45. The van der Waals surface area contributed by atoms with E-state index in [0.29, 0.717) is 36.7 Å². The van der Waals surface area contributed by atoms with Crippen molar-refractivity contribution in [1.29, 1.82) is 0 Å². The summed E-state index contributed by atoms with van der Waals surface area (Å²) < 4.78 is 23.1. The van der Waals surface area contributed by atoms with Crippen LogP contribution in [0.15, 0.2) is 48.6 Å². The number of amides is 1. The molecule has 53 heavy (non-hydrogen) atoms. The van der Waals surface area contributed by atoms with Crippen LogP contribution < -0.4 is 10.2 Å². The van der Waals surface area contributed by atoms with Crippen molar-refractivity contribution in [2.24, 2.45) is 11.8 Å². The molecule has 1 rings (SSSR count). The van der Waals surface area contributed by atoms with Gasteiger partial charge in [-0.25, -0.2) is 0 Å². The summed E-state index contributed by atoms with van der Waals surface area (Å²) in [5.74, 6) is -0.494. The topological polar surface area (TPSA) is 145 Å². The summed E-state index contributed by atoms with van der Waals surface area (Å²) in [5, 5.41) is 23.9. The lowest BCUT2D eigenvalue weighted by Crippen LogP contribution is -2.45. The highest BCUT2D eigenvalue weighted by molar-refractivity contribution is 7.45. The Balaban J connectivity index is 2.58. The number of hydrogen-bond donors (Lipinski definition) is 3. The molecule has 1 unspecified atom stereocenters. The first kappa shape index (κ1) is 49.1. The van der Waals surface area contributed by atoms with Crippen LogP contribution >= 0.6 is 7.82 Å². The predicted octanol–water partition coefficient (Wildman–Crippen LogP) is 7.89. The molecule has 0 aromatic carbocycles. The van der Waals surface area contributed by atoms with Crippen molar-refractivity contribution >= 4 is 19.5 Å². The van der Waals surface area contributed by atoms with Crippen molar-refractivity contribution in [3.8, 4) is 0 Å². The first-order valence-corrected chi connectivity index (χ1v) is 22.0. The number of carbonyl (C=O) groups is 2. The van der Waals surface area contributed by atoms with Gasteiger partial charge in [-0.3, -0.25) is 14.2 Å². The molecule has 0 heterocycles. The molecule has 0 aromatic rings. The summed E-state index contributed by atoms with van der Waals surface area (Å²) in [6.45, 7) is 4.33. The molecule has 1 amide bonds. The molecule has 0 fully saturated rings. The standard InChI is InChI=1S/C42H75N2O8P/c1-6-8-10-11-12-13-14-15-16-17-18-23-27-41(47)39(35-52-53(49,50)51-34-33-44(3,4)5)43-42(48)28-24-20-19-22-25-36-29-32-40(46)38(36)31-30-37(45)26-21-9-7-2/h19,22-23,27,29-32,36-39,41,45,47H,6-18,20-21,24-26,28,33-35H2,1-5H3,(H-,43,48,49,50)/b22-19-,27-23+,31-30+/t36-,37-,38+,39-,41+/m0/s1. The molecular weight excluding hydrogens is 691 g/mol. The highest BCUT2D eigenvalue weighted by atomic mass is 31.2. The predicted molar refractivity (Wildman–Crippen MR) is 214 cm³/mol. The Bertz CT molecular complexity index is 1150. The van der Waals surface area contributed by atoms with Gasteiger partial charge in [0.1, 0.15) is 13.2 Å². The molecule has 0 saturated heterocycles. The Morgan fingerprint density at radius 1 is 0.887 bits per heavy atom. The molecular formula is C42H75N2O8P. The normalized spacial score (nSPS) is 19.4. The third kappa shape index (κ3) is 26.5. The fourth-order valence-corrected chi connectivity index (χ4v) is 6.80. The molecule has 1 aliphatic carbocycles. The molecule has 0 aromatic heterocycles. The zero-order valence-electron chi connectivity index (χ0n) is 33.8. The number of carbonyl (C=O) groups excluding carboxylic acids is 2. The first-order chi connectivity index (χ1) is 25.3. The van der Waals surface area contributed by atoms with Gasteiger partial charge in [0.05, 0.1) is 46.0 Å². The van der Waals surface area contributed by atoms with Gasteiger partial charge in [-0.15, -0.1) is 0 Å². The Morgan fingerprint density at radius 2 is 1.51 bits per heavy atom. The highest BCUT2D eigenvalue weighted by Crippen LogP contribution is 2.38. The average molecular weight is 767 g/mol. The number of aliphatic hydroxyl groups excluding tert-OH is 2. The maximum absolute atomic E-state index is 12.9. The summed E-state index contributed by atoms with van der Waals surface area (Å²) in [6.07, 6.45) is 32.1. The quantitative estimate of drug-likeness (QED) is 0.0265. The van der Waals surface area contributed by atoms with Crippen LogP contribution in [0.1, 0.15) is 136 Å². The lowest BCUT2D eigenvalue weighted by Gasteiger charge is -2.29. The molecule has 0 radical (unpaired) electrons. The minimum Gasteiger partial charge on any atom is -0.756 e. The molecule has 11 heteroatoms. The van der Waals surface area contributed by atoms with Gasteiger partial charge in [0.2, 0.25) is 5.91 Å². The largest absolute Gasteiger partial charge is 0.756 e. The number of rotatable bonds is 33. The van der Waals surface area contributed by atoms with Gasteiger partial charge in [-0.2, -0.15) is 0 Å². The number of phosphoric ester groups is 1. The van der Waals surface area contributed by atoms with Crippen LogP contribution in [0.4, 0.5) is 0 Å². The second-order valence-corrected chi connectivity index (χ2v) is 17.1. The smallest absolute Gasteiger partial charge is 0.268 e. The van der Waals surface area contributed by atoms with Crippen LogP contribution in [0.5, 0.6) is 0 Å². The highest BCUT2D eigenvalue weighted by Gasteiger charge is 2.27. The minimum atomic E-state index is -4.64. The fraction of sp³-hybridized carbons (Fsp3) is 0.762. The van der Waals surface area contributed by atoms with E-state index in [2.05, 4.69) is 19.2 Å². The third-order valence-corrected chi connectivity index (χ3v) is 10.5. The second-order valence-electron chi connectivity index (χ2n) is 15.7. The van der Waals surface area contributed by atoms with Crippen molar-refractivity contribution in [2.75, 3.05) is 40.9 Å². The van der Waals surface area contributed by atoms with Gasteiger partial charge >= 0.3 is 0 Å². The number of unbranched alkanes of at least 4 members (excludes halogenated alkanes) is 13. The molecule has 0 aliphatic heterocycles. The van der Waals surface area contributed by atoms with Gasteiger partial charge in [-0.1, -0.05) is 133 Å². The van der Waals surface area contributed by atoms with E-state index < -0.39 is 32.7 Å². The Morgan fingerprint density at radius 3 is 2.17 bits per heavy atom. The van der Waals surface area contributed by atoms with E-state index in [9.17, 15) is 29.3 Å². The molecule has 1 aliphatic rings. The maximum atomic E-state index is 12.9. The molecule has 306 valence electrons. The first-order valence-electron chi connectivity index (χ1n) is 20.6. The zero-order chi connectivity index (χ0) is 39.4. The summed E-state index contributed by atoms with van der Waals surface area (Å²) in [6, 6.07) is -0.965. The van der Waals surface area contributed by atoms with Gasteiger partial charge in [0.25, 0.3) is 7.82 Å². The van der Waals surface area contributed by atoms with Crippen molar-refractivity contribution in [3.63, 3.8) is 0 Å². The number of ketones is 1. The third-order valence-electron chi connectivity index (χ3n) is 9.53. The summed E-state index contributed by atoms with van der Waals surface area (Å²) in [5.41, 5.74) is 0. The molecule has 0 saturated carbocycles. The zero-order valence-corrected chi connectivity index (χ0v) is 34.7. The Kier molecular flexibility index (Phi) is 27.2. The molecule has 6 atom stereocenters. The van der Waals surface area contributed by atoms with Crippen LogP contribution in [0.3, 0.4) is 0 Å². The minimum absolute atomic E-state index is 0.0371.